The van der Waals surface area contributed by atoms with Crippen LogP contribution in [0.3, 0.4) is 0 Å². The Labute approximate surface area is 521 Å². The number of hydrogen-bond donors (Lipinski definition) is 8. The molecular weight excluding hydrogens is 1110 g/mol. The molecule has 2 aliphatic carbocycles. The first-order valence-electron chi connectivity index (χ1n) is 32.7. The van der Waals surface area contributed by atoms with E-state index in [9.17, 15) is 38.4 Å². The van der Waals surface area contributed by atoms with Gasteiger partial charge in [0.25, 0.3) is 0 Å². The first-order valence-corrected chi connectivity index (χ1v) is 32.7. The van der Waals surface area contributed by atoms with E-state index in [-0.39, 0.29) is 47.3 Å². The topological polar surface area (TPSA) is 239 Å². The number of carbonyl (C=O) groups is 8. The summed E-state index contributed by atoms with van der Waals surface area (Å²) in [4.78, 5) is 118. The van der Waals surface area contributed by atoms with Gasteiger partial charge < -0.3 is 52.3 Å². The quantitative estimate of drug-likeness (QED) is 0.0267. The number of amides is 8. The fourth-order valence-electron chi connectivity index (χ4n) is 13.6. The summed E-state index contributed by atoms with van der Waals surface area (Å²) in [6.45, 7) is 4.88. The summed E-state index contributed by atoms with van der Waals surface area (Å²) in [5, 5.41) is 24.7. The molecule has 4 aromatic rings. The van der Waals surface area contributed by atoms with Crippen molar-refractivity contribution in [2.75, 3.05) is 40.3 Å². The molecule has 0 aromatic heterocycles. The number of nitrogens with one attached hydrogen (secondary N) is 8. The van der Waals surface area contributed by atoms with E-state index in [1.165, 1.54) is 0 Å². The summed E-state index contributed by atoms with van der Waals surface area (Å²) in [7, 11) is 3.41. The standard InChI is InChI=1S/C70H96N10O8/c1-47(71-3)63(81)75-59(53-37-21-11-22-38-53)69(87)79-45-27-41-55(79)65(83)77-61(57(49-29-13-7-14-30-49)50-31-15-8-16-32-50)67(85)73-43-25-5-6-26-44-74-68(86)62(58(51-33-17-9-18-34-51)52-35-19-10-20-36-52)78-66(84)56-42-28-46-80(56)70(88)60(54-39-23-12-24-40-54)76-64(82)48(2)72-4/h7-10,13-20,29-36,47-48,53-62,71-72H,5-6,11-12,21-28,37-46H2,1-4H3,(H,73,85)(H,74,86)(H,75,81)(H,76,82)(H,77,83)(H,78,84)/t47-,48+,55?,56?,59-,60-,61-,62-/m0/s1. The van der Waals surface area contributed by atoms with Crippen LogP contribution in [0.25, 0.3) is 0 Å². The fraction of sp³-hybridized carbons (Fsp3) is 0.543. The van der Waals surface area contributed by atoms with Gasteiger partial charge in [-0.25, -0.2) is 0 Å². The summed E-state index contributed by atoms with van der Waals surface area (Å²) in [6.07, 6.45) is 14.0. The lowest BCUT2D eigenvalue weighted by molar-refractivity contribution is -0.143. The number of likely N-dealkylation sites (tertiary alicyclic amines) is 2. The van der Waals surface area contributed by atoms with E-state index in [1.807, 2.05) is 121 Å². The zero-order chi connectivity index (χ0) is 62.4. The lowest BCUT2D eigenvalue weighted by Gasteiger charge is -2.36. The molecule has 8 rings (SSSR count). The molecule has 8 amide bonds. The molecule has 8 N–H and O–H groups in total. The number of unbranched alkanes of at least 4 members (excludes halogenated alkanes) is 3. The predicted molar refractivity (Wildman–Crippen MR) is 341 cm³/mol. The average Bonchev–Trinajstić information content (AvgIpc) is 4.40. The fourth-order valence-corrected chi connectivity index (χ4v) is 13.6. The Hall–Kier alpha value is -7.44. The molecule has 8 atom stereocenters. The van der Waals surface area contributed by atoms with Crippen LogP contribution in [-0.4, -0.2) is 146 Å². The van der Waals surface area contributed by atoms with Crippen LogP contribution in [0.4, 0.5) is 0 Å². The van der Waals surface area contributed by atoms with Crippen LogP contribution in [0.15, 0.2) is 121 Å². The monoisotopic (exact) mass is 1200 g/mol. The SMILES string of the molecule is CN[C@@H](C)C(=O)N[C@H](C(=O)N1CCCC1C(=O)N[C@H](C(=O)NCCCCCCNC(=O)[C@@H](NC(=O)C1CCCN1C(=O)[C@@H](NC(=O)[C@@H](C)NC)C1CCCCC1)C(c1ccccc1)c1ccccc1)C(c1ccccc1)c1ccccc1)C1CCCCC1. The minimum absolute atomic E-state index is 0.0457. The lowest BCUT2D eigenvalue weighted by atomic mass is 9.83. The average molecular weight is 1210 g/mol. The third-order valence-corrected chi connectivity index (χ3v) is 18.9. The first-order chi connectivity index (χ1) is 42.8. The molecule has 4 fully saturated rings. The van der Waals surface area contributed by atoms with Crippen molar-refractivity contribution in [3.8, 4) is 0 Å². The van der Waals surface area contributed by atoms with Gasteiger partial charge in [-0.15, -0.1) is 0 Å². The van der Waals surface area contributed by atoms with E-state index in [1.54, 1.807) is 37.7 Å². The maximum atomic E-state index is 14.8. The lowest BCUT2D eigenvalue weighted by Crippen LogP contribution is -2.59. The van der Waals surface area contributed by atoms with Crippen molar-refractivity contribution in [1.29, 1.82) is 0 Å². The number of hydrogen-bond acceptors (Lipinski definition) is 10. The van der Waals surface area contributed by atoms with Gasteiger partial charge in [0.05, 0.1) is 12.1 Å². The Kier molecular flexibility index (Phi) is 25.5. The highest BCUT2D eigenvalue weighted by molar-refractivity contribution is 5.97. The number of nitrogens with zero attached hydrogens (tertiary/aromatic N) is 2. The molecule has 2 saturated carbocycles. The van der Waals surface area contributed by atoms with Crippen molar-refractivity contribution >= 4 is 47.3 Å². The second-order valence-electron chi connectivity index (χ2n) is 24.7. The van der Waals surface area contributed by atoms with Crippen molar-refractivity contribution in [2.24, 2.45) is 11.8 Å². The summed E-state index contributed by atoms with van der Waals surface area (Å²) in [5.74, 6) is -3.84. The zero-order valence-electron chi connectivity index (χ0n) is 52.2. The van der Waals surface area contributed by atoms with Crippen LogP contribution >= 0.6 is 0 Å². The molecule has 2 heterocycles. The molecule has 0 radical (unpaired) electrons. The van der Waals surface area contributed by atoms with Gasteiger partial charge in [0.2, 0.25) is 47.3 Å². The molecule has 2 aliphatic heterocycles. The molecule has 0 bridgehead atoms. The van der Waals surface area contributed by atoms with Crippen LogP contribution in [0, 0.1) is 11.8 Å². The summed E-state index contributed by atoms with van der Waals surface area (Å²) in [5.41, 5.74) is 3.36. The molecule has 18 nitrogen and oxygen atoms in total. The summed E-state index contributed by atoms with van der Waals surface area (Å²) >= 11 is 0. The van der Waals surface area contributed by atoms with E-state index in [0.29, 0.717) is 64.7 Å². The number of likely N-dealkylation sites (N-methyl/N-ethyl adjacent to an activating group) is 2. The van der Waals surface area contributed by atoms with Crippen LogP contribution in [0.5, 0.6) is 0 Å². The third-order valence-electron chi connectivity index (χ3n) is 18.9. The van der Waals surface area contributed by atoms with Gasteiger partial charge in [-0.2, -0.15) is 0 Å². The van der Waals surface area contributed by atoms with E-state index < -0.39 is 72.0 Å². The van der Waals surface area contributed by atoms with Crippen LogP contribution in [0.2, 0.25) is 0 Å². The van der Waals surface area contributed by atoms with Crippen molar-refractivity contribution in [3.63, 3.8) is 0 Å². The van der Waals surface area contributed by atoms with E-state index in [0.717, 1.165) is 99.3 Å². The maximum Gasteiger partial charge on any atom is 0.246 e. The minimum atomic E-state index is -1.05. The molecular formula is C70H96N10O8. The first kappa shape index (κ1) is 66.5. The molecule has 4 aliphatic rings. The molecule has 18 heteroatoms. The van der Waals surface area contributed by atoms with Crippen LogP contribution in [0.1, 0.15) is 164 Å². The molecule has 0 spiro atoms. The normalized spacial score (nSPS) is 19.4. The molecule has 474 valence electrons. The summed E-state index contributed by atoms with van der Waals surface area (Å²) < 4.78 is 0. The van der Waals surface area contributed by atoms with Crippen LogP contribution < -0.4 is 42.5 Å². The number of carbonyl (C=O) groups excluding carboxylic acids is 8. The Balaban J connectivity index is 0.921. The van der Waals surface area contributed by atoms with Gasteiger partial charge in [-0.3, -0.25) is 38.4 Å². The Bertz CT molecular complexity index is 2620. The van der Waals surface area contributed by atoms with E-state index in [4.69, 9.17) is 0 Å². The molecule has 88 heavy (non-hydrogen) atoms. The van der Waals surface area contributed by atoms with Crippen molar-refractivity contribution in [1.82, 2.24) is 52.3 Å². The van der Waals surface area contributed by atoms with Gasteiger partial charge in [-0.05, 0) is 126 Å². The van der Waals surface area contributed by atoms with Crippen molar-refractivity contribution in [3.05, 3.63) is 144 Å². The van der Waals surface area contributed by atoms with Gasteiger partial charge in [0.1, 0.15) is 36.3 Å². The highest BCUT2D eigenvalue weighted by atomic mass is 16.2. The maximum absolute atomic E-state index is 14.8. The van der Waals surface area contributed by atoms with E-state index >= 15 is 0 Å². The predicted octanol–water partition coefficient (Wildman–Crippen LogP) is 6.74. The smallest absolute Gasteiger partial charge is 0.246 e. The van der Waals surface area contributed by atoms with Gasteiger partial charge in [0.15, 0.2) is 0 Å². The zero-order valence-corrected chi connectivity index (χ0v) is 52.2. The van der Waals surface area contributed by atoms with Gasteiger partial charge in [-0.1, -0.05) is 173 Å². The van der Waals surface area contributed by atoms with Gasteiger partial charge >= 0.3 is 0 Å². The highest BCUT2D eigenvalue weighted by Crippen LogP contribution is 2.34. The van der Waals surface area contributed by atoms with Crippen LogP contribution in [-0.2, 0) is 38.4 Å². The number of benzene rings is 4. The van der Waals surface area contributed by atoms with Gasteiger partial charge in [0, 0.05) is 38.0 Å². The highest BCUT2D eigenvalue weighted by Gasteiger charge is 2.45. The number of rotatable bonds is 29. The molecule has 2 unspecified atom stereocenters. The van der Waals surface area contributed by atoms with Crippen molar-refractivity contribution in [2.45, 2.75) is 190 Å². The second kappa shape index (κ2) is 33.8. The summed E-state index contributed by atoms with van der Waals surface area (Å²) in [6, 6.07) is 32.3. The third kappa shape index (κ3) is 17.7. The van der Waals surface area contributed by atoms with Crippen molar-refractivity contribution < 1.29 is 38.4 Å². The second-order valence-corrected chi connectivity index (χ2v) is 24.7. The minimum Gasteiger partial charge on any atom is -0.354 e. The Morgan fingerprint density at radius 2 is 0.716 bits per heavy atom. The Morgan fingerprint density at radius 3 is 1.02 bits per heavy atom. The molecule has 4 aromatic carbocycles. The van der Waals surface area contributed by atoms with E-state index in [2.05, 4.69) is 42.5 Å². The Morgan fingerprint density at radius 1 is 0.398 bits per heavy atom. The molecule has 2 saturated heterocycles. The largest absolute Gasteiger partial charge is 0.354 e.